The third kappa shape index (κ3) is 1.40. The van der Waals surface area contributed by atoms with Crippen molar-refractivity contribution in [3.8, 4) is 0 Å². The molecule has 0 fully saturated rings. The Morgan fingerprint density at radius 3 is 2.82 bits per heavy atom. The van der Waals surface area contributed by atoms with E-state index in [4.69, 9.17) is 0 Å². The van der Waals surface area contributed by atoms with Crippen molar-refractivity contribution >= 4 is 11.8 Å². The van der Waals surface area contributed by atoms with Gasteiger partial charge in [0.15, 0.2) is 0 Å². The van der Waals surface area contributed by atoms with Crippen molar-refractivity contribution in [3.05, 3.63) is 30.1 Å². The first-order valence-corrected chi connectivity index (χ1v) is 3.55. The fourth-order valence-corrected chi connectivity index (χ4v) is 1.06. The van der Waals surface area contributed by atoms with E-state index in [1.54, 1.807) is 12.3 Å². The van der Waals surface area contributed by atoms with Crippen molar-refractivity contribution < 1.29 is 0 Å². The molecule has 11 heavy (non-hydrogen) atoms. The van der Waals surface area contributed by atoms with Crippen LogP contribution in [-0.2, 0) is 0 Å². The van der Waals surface area contributed by atoms with Gasteiger partial charge in [-0.2, -0.15) is 0 Å². The highest BCUT2D eigenvalue weighted by Crippen LogP contribution is 2.17. The second-order valence-corrected chi connectivity index (χ2v) is 2.34. The lowest BCUT2D eigenvalue weighted by molar-refractivity contribution is 1.24. The summed E-state index contributed by atoms with van der Waals surface area (Å²) < 4.78 is 0. The highest BCUT2D eigenvalue weighted by atomic mass is 14.9. The van der Waals surface area contributed by atoms with Crippen molar-refractivity contribution in [1.29, 1.82) is 0 Å². The summed E-state index contributed by atoms with van der Waals surface area (Å²) in [5.41, 5.74) is 3.16. The first kappa shape index (κ1) is 7.79. The van der Waals surface area contributed by atoms with Gasteiger partial charge < -0.3 is 5.32 Å². The van der Waals surface area contributed by atoms with Crippen LogP contribution in [0.4, 0.5) is 5.69 Å². The van der Waals surface area contributed by atoms with Gasteiger partial charge in [-0.25, -0.2) is 0 Å². The van der Waals surface area contributed by atoms with Gasteiger partial charge in [-0.05, 0) is 24.6 Å². The van der Waals surface area contributed by atoms with Crippen LogP contribution in [0.1, 0.15) is 11.3 Å². The second kappa shape index (κ2) is 3.19. The Kier molecular flexibility index (Phi) is 2.26. The maximum absolute atomic E-state index is 4.15. The summed E-state index contributed by atoms with van der Waals surface area (Å²) in [7, 11) is 1.89. The second-order valence-electron chi connectivity index (χ2n) is 2.34. The van der Waals surface area contributed by atoms with E-state index < -0.39 is 0 Å². The fraction of sp³-hybridized carbons (Fsp3) is 0.222. The molecule has 1 aromatic heterocycles. The zero-order valence-electron chi connectivity index (χ0n) is 6.89. The molecule has 2 heteroatoms. The van der Waals surface area contributed by atoms with Gasteiger partial charge >= 0.3 is 0 Å². The van der Waals surface area contributed by atoms with Crippen LogP contribution in [0.25, 0.3) is 6.08 Å². The molecule has 0 saturated heterocycles. The lowest BCUT2D eigenvalue weighted by Gasteiger charge is -2.06. The molecule has 0 radical (unpaired) electrons. The minimum atomic E-state index is 0.910. The first-order valence-electron chi connectivity index (χ1n) is 3.55. The lowest BCUT2D eigenvalue weighted by Crippen LogP contribution is -1.96. The smallest absolute Gasteiger partial charge is 0.0857 e. The topological polar surface area (TPSA) is 24.9 Å². The maximum Gasteiger partial charge on any atom is 0.0857 e. The standard InChI is InChI=1S/C9H12N2/c1-4-8-9(10-3)7(2)5-6-11-8/h4-6,10H,1H2,2-3H3. The molecular weight excluding hydrogens is 136 g/mol. The van der Waals surface area contributed by atoms with Crippen LogP contribution in [0.2, 0.25) is 0 Å². The Balaban J connectivity index is 3.23. The van der Waals surface area contributed by atoms with Crippen LogP contribution in [-0.4, -0.2) is 12.0 Å². The SMILES string of the molecule is C=Cc1nccc(C)c1NC. The predicted octanol–water partition coefficient (Wildman–Crippen LogP) is 2.07. The molecule has 58 valence electrons. The molecule has 0 aromatic carbocycles. The van der Waals surface area contributed by atoms with Crippen molar-refractivity contribution in [2.75, 3.05) is 12.4 Å². The average Bonchev–Trinajstić information content (AvgIpc) is 2.04. The first-order chi connectivity index (χ1) is 5.29. The monoisotopic (exact) mass is 148 g/mol. The van der Waals surface area contributed by atoms with E-state index in [1.807, 2.05) is 20.0 Å². The molecule has 0 unspecified atom stereocenters. The number of aromatic nitrogens is 1. The molecule has 0 bridgehead atoms. The molecular formula is C9H12N2. The molecule has 1 N–H and O–H groups in total. The molecule has 1 heterocycles. The van der Waals surface area contributed by atoms with Crippen LogP contribution < -0.4 is 5.32 Å². The van der Waals surface area contributed by atoms with Gasteiger partial charge in [-0.3, -0.25) is 4.98 Å². The van der Waals surface area contributed by atoms with Gasteiger partial charge in [-0.1, -0.05) is 6.58 Å². The lowest BCUT2D eigenvalue weighted by atomic mass is 10.2. The van der Waals surface area contributed by atoms with E-state index in [9.17, 15) is 0 Å². The van der Waals surface area contributed by atoms with Gasteiger partial charge in [0.1, 0.15) is 0 Å². The summed E-state index contributed by atoms with van der Waals surface area (Å²) in [6.45, 7) is 5.72. The van der Waals surface area contributed by atoms with Crippen LogP contribution >= 0.6 is 0 Å². The largest absolute Gasteiger partial charge is 0.386 e. The van der Waals surface area contributed by atoms with E-state index in [1.165, 1.54) is 5.56 Å². The molecule has 1 aromatic rings. The minimum Gasteiger partial charge on any atom is -0.386 e. The summed E-state index contributed by atoms with van der Waals surface area (Å²) in [5, 5.41) is 3.08. The summed E-state index contributed by atoms with van der Waals surface area (Å²) in [6, 6.07) is 1.97. The predicted molar refractivity (Wildman–Crippen MR) is 48.6 cm³/mol. The van der Waals surface area contributed by atoms with Crippen LogP contribution in [0.5, 0.6) is 0 Å². The molecule has 0 aliphatic heterocycles. The molecule has 0 amide bonds. The van der Waals surface area contributed by atoms with Gasteiger partial charge in [0.25, 0.3) is 0 Å². The summed E-state index contributed by atoms with van der Waals surface area (Å²) >= 11 is 0. The van der Waals surface area contributed by atoms with E-state index in [2.05, 4.69) is 16.9 Å². The molecule has 0 aliphatic carbocycles. The van der Waals surface area contributed by atoms with E-state index in [-0.39, 0.29) is 0 Å². The van der Waals surface area contributed by atoms with E-state index in [0.29, 0.717) is 0 Å². The highest BCUT2D eigenvalue weighted by molar-refractivity contribution is 5.65. The number of pyridine rings is 1. The highest BCUT2D eigenvalue weighted by Gasteiger charge is 1.99. The Morgan fingerprint density at radius 1 is 1.64 bits per heavy atom. The maximum atomic E-state index is 4.15. The number of nitrogens with one attached hydrogen (secondary N) is 1. The third-order valence-corrected chi connectivity index (χ3v) is 1.63. The van der Waals surface area contributed by atoms with Crippen molar-refractivity contribution in [2.24, 2.45) is 0 Å². The number of hydrogen-bond acceptors (Lipinski definition) is 2. The molecule has 0 saturated carbocycles. The summed E-state index contributed by atoms with van der Waals surface area (Å²) in [5.74, 6) is 0. The summed E-state index contributed by atoms with van der Waals surface area (Å²) in [6.07, 6.45) is 3.53. The van der Waals surface area contributed by atoms with Gasteiger partial charge in [0.05, 0.1) is 11.4 Å². The van der Waals surface area contributed by atoms with Gasteiger partial charge in [0.2, 0.25) is 0 Å². The van der Waals surface area contributed by atoms with E-state index >= 15 is 0 Å². The normalized spacial score (nSPS) is 9.27. The summed E-state index contributed by atoms with van der Waals surface area (Å²) in [4.78, 5) is 4.15. The average molecular weight is 148 g/mol. The molecule has 0 atom stereocenters. The zero-order valence-corrected chi connectivity index (χ0v) is 6.89. The Bertz CT molecular complexity index is 266. The van der Waals surface area contributed by atoms with Crippen LogP contribution in [0, 0.1) is 6.92 Å². The van der Waals surface area contributed by atoms with Gasteiger partial charge in [0, 0.05) is 13.2 Å². The molecule has 2 nitrogen and oxygen atoms in total. The molecule has 1 rings (SSSR count). The number of anilines is 1. The number of aryl methyl sites for hydroxylation is 1. The third-order valence-electron chi connectivity index (χ3n) is 1.63. The Morgan fingerprint density at radius 2 is 2.36 bits per heavy atom. The van der Waals surface area contributed by atoms with Crippen molar-refractivity contribution in [3.63, 3.8) is 0 Å². The quantitative estimate of drug-likeness (QED) is 0.694. The fourth-order valence-electron chi connectivity index (χ4n) is 1.06. The van der Waals surface area contributed by atoms with Crippen LogP contribution in [0.3, 0.4) is 0 Å². The number of nitrogens with zero attached hydrogens (tertiary/aromatic N) is 1. The van der Waals surface area contributed by atoms with Crippen molar-refractivity contribution in [1.82, 2.24) is 4.98 Å². The Hall–Kier alpha value is -1.31. The molecule has 0 spiro atoms. The number of rotatable bonds is 2. The minimum absolute atomic E-state index is 0.910. The van der Waals surface area contributed by atoms with Crippen LogP contribution in [0.15, 0.2) is 18.8 Å². The number of hydrogen-bond donors (Lipinski definition) is 1. The van der Waals surface area contributed by atoms with Crippen molar-refractivity contribution in [2.45, 2.75) is 6.92 Å². The zero-order chi connectivity index (χ0) is 8.27. The Labute approximate surface area is 67.0 Å². The molecule has 0 aliphatic rings. The van der Waals surface area contributed by atoms with Gasteiger partial charge in [-0.15, -0.1) is 0 Å². The van der Waals surface area contributed by atoms with E-state index in [0.717, 1.165) is 11.4 Å².